The van der Waals surface area contributed by atoms with Crippen molar-refractivity contribution >= 4 is 22.8 Å². The maximum absolute atomic E-state index is 13.9. The summed E-state index contributed by atoms with van der Waals surface area (Å²) < 4.78 is 62.9. The van der Waals surface area contributed by atoms with Crippen molar-refractivity contribution in [3.05, 3.63) is 18.5 Å². The molecule has 1 aliphatic heterocycles. The van der Waals surface area contributed by atoms with E-state index in [9.17, 15) is 17.6 Å². The molecule has 0 saturated carbocycles. The fraction of sp³-hybridized carbons (Fsp3) is 0.500. The molecule has 0 radical (unpaired) electrons. The fourth-order valence-electron chi connectivity index (χ4n) is 3.32. The molecule has 1 saturated heterocycles. The molecule has 0 aromatic carbocycles. The van der Waals surface area contributed by atoms with Crippen LogP contribution in [0, 0.1) is 5.92 Å². The van der Waals surface area contributed by atoms with Gasteiger partial charge in [0.2, 0.25) is 5.88 Å². The Kier molecular flexibility index (Phi) is 5.47. The molecule has 4 heterocycles. The maximum atomic E-state index is 13.9. The predicted molar refractivity (Wildman–Crippen MR) is 92.4 cm³/mol. The number of H-pyrrole nitrogens is 1. The number of aromatic nitrogens is 6. The number of nitrogens with one attached hydrogen (secondary N) is 2. The van der Waals surface area contributed by atoms with Gasteiger partial charge in [0, 0.05) is 19.3 Å². The van der Waals surface area contributed by atoms with Crippen molar-refractivity contribution in [3.8, 4) is 5.88 Å². The molecule has 4 rings (SSSR count). The molecule has 0 unspecified atom stereocenters. The van der Waals surface area contributed by atoms with Crippen molar-refractivity contribution in [2.75, 3.05) is 18.5 Å². The second-order valence-electron chi connectivity index (χ2n) is 6.45. The molecule has 9 nitrogen and oxygen atoms in total. The largest absolute Gasteiger partial charge is 0.415 e. The molecule has 1 fully saturated rings. The first-order chi connectivity index (χ1) is 14.0. The van der Waals surface area contributed by atoms with Crippen molar-refractivity contribution in [2.45, 2.75) is 31.9 Å². The lowest BCUT2D eigenvalue weighted by Crippen LogP contribution is -2.31. The molecule has 1 aliphatic rings. The van der Waals surface area contributed by atoms with Gasteiger partial charge in [-0.05, 0) is 18.8 Å². The van der Waals surface area contributed by atoms with Crippen LogP contribution < -0.4 is 10.1 Å². The Hall–Kier alpha value is -2.96. The Bertz CT molecular complexity index is 958. The lowest BCUT2D eigenvalue weighted by atomic mass is 9.92. The molecule has 0 spiro atoms. The lowest BCUT2D eigenvalue weighted by Gasteiger charge is -2.30. The second kappa shape index (κ2) is 8.19. The van der Waals surface area contributed by atoms with Crippen LogP contribution in [-0.4, -0.2) is 56.2 Å². The zero-order valence-electron chi connectivity index (χ0n) is 14.9. The van der Waals surface area contributed by atoms with Gasteiger partial charge in [-0.2, -0.15) is 13.9 Å². The molecular formula is C16H17F4N7O2. The molecule has 2 N–H and O–H groups in total. The Morgan fingerprint density at radius 1 is 1.21 bits per heavy atom. The number of halogens is 4. The second-order valence-corrected chi connectivity index (χ2v) is 6.45. The predicted octanol–water partition coefficient (Wildman–Crippen LogP) is 3.13. The minimum Gasteiger partial charge on any atom is -0.415 e. The van der Waals surface area contributed by atoms with Crippen molar-refractivity contribution in [1.29, 1.82) is 0 Å². The summed E-state index contributed by atoms with van der Waals surface area (Å²) in [5.74, 6) is -0.188. The quantitative estimate of drug-likeness (QED) is 0.572. The average molecular weight is 415 g/mol. The van der Waals surface area contributed by atoms with Gasteiger partial charge in [-0.15, -0.1) is 5.10 Å². The molecule has 156 valence electrons. The van der Waals surface area contributed by atoms with E-state index in [-0.39, 0.29) is 29.1 Å². The van der Waals surface area contributed by atoms with Gasteiger partial charge < -0.3 is 14.8 Å². The highest BCUT2D eigenvalue weighted by molar-refractivity contribution is 5.72. The summed E-state index contributed by atoms with van der Waals surface area (Å²) in [5, 5.41) is 12.9. The van der Waals surface area contributed by atoms with Crippen LogP contribution in [0.4, 0.5) is 29.2 Å². The normalized spacial score (nSPS) is 16.6. The van der Waals surface area contributed by atoms with E-state index in [1.54, 1.807) is 0 Å². The van der Waals surface area contributed by atoms with Crippen LogP contribution in [0.2, 0.25) is 0 Å². The van der Waals surface area contributed by atoms with E-state index in [0.29, 0.717) is 31.6 Å². The number of alkyl halides is 4. The minimum absolute atomic E-state index is 0.190. The van der Waals surface area contributed by atoms with Crippen molar-refractivity contribution in [1.82, 2.24) is 29.9 Å². The van der Waals surface area contributed by atoms with Crippen molar-refractivity contribution < 1.29 is 27.0 Å². The molecular weight excluding hydrogens is 398 g/mol. The van der Waals surface area contributed by atoms with Crippen molar-refractivity contribution in [2.24, 2.45) is 5.92 Å². The molecule has 0 aliphatic carbocycles. The van der Waals surface area contributed by atoms with E-state index in [2.05, 4.69) is 35.3 Å². The summed E-state index contributed by atoms with van der Waals surface area (Å²) >= 11 is 0. The number of hydrogen-bond donors (Lipinski definition) is 2. The third kappa shape index (κ3) is 4.23. The van der Waals surface area contributed by atoms with Gasteiger partial charge in [0.05, 0.1) is 12.4 Å². The summed E-state index contributed by atoms with van der Waals surface area (Å²) in [6.45, 7) is -2.16. The third-order valence-corrected chi connectivity index (χ3v) is 4.62. The van der Waals surface area contributed by atoms with Gasteiger partial charge in [-0.3, -0.25) is 5.10 Å². The van der Waals surface area contributed by atoms with E-state index in [4.69, 9.17) is 4.74 Å². The van der Waals surface area contributed by atoms with Gasteiger partial charge >= 0.3 is 6.61 Å². The molecule has 0 amide bonds. The summed E-state index contributed by atoms with van der Waals surface area (Å²) in [6.07, 6.45) is 1.12. The molecule has 13 heteroatoms. The highest BCUT2D eigenvalue weighted by Gasteiger charge is 2.34. The average Bonchev–Trinajstić information content (AvgIpc) is 3.29. The van der Waals surface area contributed by atoms with Gasteiger partial charge in [0.15, 0.2) is 11.5 Å². The van der Waals surface area contributed by atoms with Crippen LogP contribution in [0.15, 0.2) is 18.5 Å². The van der Waals surface area contributed by atoms with E-state index in [1.165, 1.54) is 23.1 Å². The van der Waals surface area contributed by atoms with Crippen LogP contribution in [0.3, 0.4) is 0 Å². The highest BCUT2D eigenvalue weighted by Crippen LogP contribution is 2.34. The summed E-state index contributed by atoms with van der Waals surface area (Å²) in [6, 6.07) is 0.0541. The Morgan fingerprint density at radius 2 is 2.00 bits per heavy atom. The SMILES string of the molecule is FC(F)Oc1cc(Nc2cnc3cnn([C@H](C(F)F)C4CCOCC4)c3n2)[nH]n1. The first-order valence-electron chi connectivity index (χ1n) is 8.84. The topological polar surface area (TPSA) is 103 Å². The number of nitrogens with zero attached hydrogens (tertiary/aromatic N) is 5. The van der Waals surface area contributed by atoms with E-state index < -0.39 is 19.1 Å². The number of hydrogen-bond acceptors (Lipinski definition) is 7. The number of rotatable bonds is 7. The van der Waals surface area contributed by atoms with Gasteiger partial charge in [-0.1, -0.05) is 0 Å². The van der Waals surface area contributed by atoms with Crippen molar-refractivity contribution in [3.63, 3.8) is 0 Å². The summed E-state index contributed by atoms with van der Waals surface area (Å²) in [5.41, 5.74) is 0.551. The van der Waals surface area contributed by atoms with Crippen LogP contribution in [0.1, 0.15) is 18.9 Å². The van der Waals surface area contributed by atoms with E-state index in [0.717, 1.165) is 0 Å². The summed E-state index contributed by atoms with van der Waals surface area (Å²) in [4.78, 5) is 8.50. The Morgan fingerprint density at radius 3 is 2.72 bits per heavy atom. The van der Waals surface area contributed by atoms with E-state index >= 15 is 0 Å². The Balaban J connectivity index is 1.60. The van der Waals surface area contributed by atoms with Gasteiger partial charge in [0.1, 0.15) is 17.4 Å². The highest BCUT2D eigenvalue weighted by atomic mass is 19.3. The minimum atomic E-state index is -3.01. The lowest BCUT2D eigenvalue weighted by molar-refractivity contribution is -0.0528. The van der Waals surface area contributed by atoms with Gasteiger partial charge in [-0.25, -0.2) is 23.4 Å². The molecule has 3 aromatic rings. The first-order valence-corrected chi connectivity index (χ1v) is 8.84. The zero-order chi connectivity index (χ0) is 20.4. The first kappa shape index (κ1) is 19.4. The smallest absolute Gasteiger partial charge is 0.388 e. The van der Waals surface area contributed by atoms with Gasteiger partial charge in [0.25, 0.3) is 6.43 Å². The van der Waals surface area contributed by atoms with Crippen LogP contribution in [0.5, 0.6) is 5.88 Å². The van der Waals surface area contributed by atoms with E-state index in [1.807, 2.05) is 0 Å². The standard InChI is InChI=1S/C16H17F4N7O2/c17-14(18)13(8-1-3-28-4-2-8)27-15-9(6-22-27)21-7-11(24-15)23-10-5-12(26-25-10)29-16(19)20/h5-8,13-14,16H,1-4H2,(H2,23,24,25,26)/t13-/m0/s1. The molecule has 3 aromatic heterocycles. The number of fused-ring (bicyclic) bond motifs is 1. The number of aromatic amines is 1. The molecule has 29 heavy (non-hydrogen) atoms. The Labute approximate surface area is 161 Å². The van der Waals surface area contributed by atoms with Crippen LogP contribution in [0.25, 0.3) is 11.2 Å². The molecule has 0 bridgehead atoms. The maximum Gasteiger partial charge on any atom is 0.388 e. The monoisotopic (exact) mass is 415 g/mol. The number of ether oxygens (including phenoxy) is 2. The fourth-order valence-corrected chi connectivity index (χ4v) is 3.32. The summed E-state index contributed by atoms with van der Waals surface area (Å²) in [7, 11) is 0. The van der Waals surface area contributed by atoms with Crippen LogP contribution >= 0.6 is 0 Å². The number of anilines is 2. The van der Waals surface area contributed by atoms with Crippen LogP contribution in [-0.2, 0) is 4.74 Å². The molecule has 1 atom stereocenters. The zero-order valence-corrected chi connectivity index (χ0v) is 14.9. The third-order valence-electron chi connectivity index (χ3n) is 4.62.